The van der Waals surface area contributed by atoms with Gasteiger partial charge >= 0.3 is 8.25 Å². The Balaban J connectivity index is 5.94. The summed E-state index contributed by atoms with van der Waals surface area (Å²) in [6, 6.07) is 0. The summed E-state index contributed by atoms with van der Waals surface area (Å²) in [6.45, 7) is 12.1. The van der Waals surface area contributed by atoms with E-state index in [4.69, 9.17) is 4.55 Å². The standard InChI is InChI=1S/C16H30NO7PS/c1-5-10-17(11-6-2,12-9-13-26(21,22)23)16(7-3,8-4)15(18)14-24-25(19)20/h5-6,15,18H,1-2,7-14H2,3-4H3/p+1. The van der Waals surface area contributed by atoms with Gasteiger partial charge in [0.15, 0.2) is 0 Å². The normalized spacial score (nSPS) is 14.7. The summed E-state index contributed by atoms with van der Waals surface area (Å²) in [6.07, 6.45) is 3.42. The van der Waals surface area contributed by atoms with Gasteiger partial charge in [0.2, 0.25) is 0 Å². The number of hydrogen-bond donors (Lipinski definition) is 2. The molecule has 0 aliphatic carbocycles. The maximum Gasteiger partial charge on any atom is 0.488 e. The summed E-state index contributed by atoms with van der Waals surface area (Å²) in [5.41, 5.74) is -0.799. The van der Waals surface area contributed by atoms with Crippen molar-refractivity contribution in [2.75, 3.05) is 32.0 Å². The predicted molar refractivity (Wildman–Crippen MR) is 99.2 cm³/mol. The molecule has 152 valence electrons. The van der Waals surface area contributed by atoms with Crippen LogP contribution in [0.25, 0.3) is 0 Å². The average molecular weight is 412 g/mol. The van der Waals surface area contributed by atoms with E-state index in [-0.39, 0.29) is 17.5 Å². The molecule has 0 aromatic rings. The van der Waals surface area contributed by atoms with Crippen LogP contribution >= 0.6 is 8.25 Å². The minimum atomic E-state index is -4.11. The highest BCUT2D eigenvalue weighted by atomic mass is 32.2. The Hall–Kier alpha value is -0.670. The molecule has 0 aromatic carbocycles. The molecule has 26 heavy (non-hydrogen) atoms. The summed E-state index contributed by atoms with van der Waals surface area (Å²) in [7, 11) is -7.19. The lowest BCUT2D eigenvalue weighted by Gasteiger charge is -2.54. The second-order valence-electron chi connectivity index (χ2n) is 6.30. The average Bonchev–Trinajstić information content (AvgIpc) is 2.53. The first-order valence-corrected chi connectivity index (χ1v) is 11.2. The molecule has 0 aromatic heterocycles. The third kappa shape index (κ3) is 6.81. The molecule has 0 saturated carbocycles. The van der Waals surface area contributed by atoms with Crippen molar-refractivity contribution in [3.8, 4) is 0 Å². The Kier molecular flexibility index (Phi) is 10.9. The van der Waals surface area contributed by atoms with E-state index in [1.165, 1.54) is 0 Å². The van der Waals surface area contributed by atoms with Gasteiger partial charge in [-0.3, -0.25) is 4.55 Å². The number of rotatable bonds is 15. The molecule has 10 heteroatoms. The number of nitrogens with zero attached hydrogens (tertiary/aromatic N) is 1. The highest BCUT2D eigenvalue weighted by Gasteiger charge is 2.52. The van der Waals surface area contributed by atoms with Crippen molar-refractivity contribution in [2.45, 2.75) is 44.8 Å². The molecule has 0 radical (unpaired) electrons. The molecule has 0 bridgehead atoms. The van der Waals surface area contributed by atoms with Gasteiger partial charge in [0.1, 0.15) is 18.2 Å². The van der Waals surface area contributed by atoms with E-state index in [0.717, 1.165) is 0 Å². The van der Waals surface area contributed by atoms with E-state index in [9.17, 15) is 23.0 Å². The molecule has 0 aliphatic rings. The van der Waals surface area contributed by atoms with E-state index >= 15 is 0 Å². The molecule has 0 fully saturated rings. The van der Waals surface area contributed by atoms with Crippen LogP contribution in [0.15, 0.2) is 25.3 Å². The highest BCUT2D eigenvalue weighted by molar-refractivity contribution is 7.85. The Morgan fingerprint density at radius 3 is 2.12 bits per heavy atom. The van der Waals surface area contributed by atoms with E-state index in [0.29, 0.717) is 32.5 Å². The van der Waals surface area contributed by atoms with Gasteiger partial charge in [0.25, 0.3) is 10.1 Å². The predicted octanol–water partition coefficient (Wildman–Crippen LogP) is 1.41. The van der Waals surface area contributed by atoms with Crippen LogP contribution in [-0.2, 0) is 19.2 Å². The van der Waals surface area contributed by atoms with Crippen LogP contribution in [0.1, 0.15) is 33.1 Å². The minimum Gasteiger partial charge on any atom is -0.566 e. The Bertz CT molecular complexity index is 565. The summed E-state index contributed by atoms with van der Waals surface area (Å²) in [5, 5.41) is 10.8. The van der Waals surface area contributed by atoms with Gasteiger partial charge in [-0.25, -0.2) is 0 Å². The second-order valence-corrected chi connectivity index (χ2v) is 8.57. The molecule has 2 unspecified atom stereocenters. The van der Waals surface area contributed by atoms with Gasteiger partial charge in [0, 0.05) is 19.3 Å². The molecular formula is C16H31NO7PS+. The fourth-order valence-electron chi connectivity index (χ4n) is 3.88. The summed E-state index contributed by atoms with van der Waals surface area (Å²) in [4.78, 5) is 10.8. The number of aliphatic hydroxyl groups excluding tert-OH is 1. The van der Waals surface area contributed by atoms with Crippen molar-refractivity contribution in [2.24, 2.45) is 0 Å². The van der Waals surface area contributed by atoms with Crippen molar-refractivity contribution < 1.29 is 36.5 Å². The Morgan fingerprint density at radius 1 is 1.27 bits per heavy atom. The summed E-state index contributed by atoms with van der Waals surface area (Å²) < 4.78 is 46.9. The molecular weight excluding hydrogens is 381 g/mol. The monoisotopic (exact) mass is 412 g/mol. The first-order valence-electron chi connectivity index (χ1n) is 8.52. The van der Waals surface area contributed by atoms with E-state index in [1.807, 2.05) is 13.8 Å². The van der Waals surface area contributed by atoms with Crippen molar-refractivity contribution in [3.63, 3.8) is 0 Å². The molecule has 0 saturated heterocycles. The molecule has 2 atom stereocenters. The topological polar surface area (TPSA) is 124 Å². The SMILES string of the molecule is C=CC[N+](CC=C)(CCCS(=O)(=O)O)C(CC)(CC)C(O)CO[P+](=O)[O-]. The van der Waals surface area contributed by atoms with Crippen LogP contribution in [0.4, 0.5) is 0 Å². The largest absolute Gasteiger partial charge is 0.566 e. The van der Waals surface area contributed by atoms with Crippen LogP contribution < -0.4 is 4.89 Å². The van der Waals surface area contributed by atoms with E-state index < -0.39 is 35.8 Å². The Morgan fingerprint density at radius 2 is 1.77 bits per heavy atom. The maximum atomic E-state index is 11.1. The van der Waals surface area contributed by atoms with Gasteiger partial charge in [-0.05, 0) is 16.7 Å². The lowest BCUT2D eigenvalue weighted by Crippen LogP contribution is -2.70. The maximum absolute atomic E-state index is 11.1. The molecule has 0 aliphatic heterocycles. The molecule has 8 nitrogen and oxygen atoms in total. The molecule has 0 rings (SSSR count). The van der Waals surface area contributed by atoms with Crippen molar-refractivity contribution in [1.29, 1.82) is 0 Å². The summed E-state index contributed by atoms with van der Waals surface area (Å²) in [5.74, 6) is -0.399. The zero-order valence-electron chi connectivity index (χ0n) is 15.5. The van der Waals surface area contributed by atoms with Gasteiger partial charge < -0.3 is 14.5 Å². The van der Waals surface area contributed by atoms with Gasteiger partial charge in [-0.1, -0.05) is 27.0 Å². The molecule has 2 N–H and O–H groups in total. The van der Waals surface area contributed by atoms with Crippen molar-refractivity contribution in [1.82, 2.24) is 0 Å². The second kappa shape index (κ2) is 11.2. The molecule has 0 amide bonds. The summed E-state index contributed by atoms with van der Waals surface area (Å²) >= 11 is 0. The number of hydrogen-bond acceptors (Lipinski definition) is 6. The van der Waals surface area contributed by atoms with E-state index in [1.54, 1.807) is 12.2 Å². The smallest absolute Gasteiger partial charge is 0.488 e. The third-order valence-corrected chi connectivity index (χ3v) is 6.24. The molecule has 0 heterocycles. The minimum absolute atomic E-state index is 0.172. The van der Waals surface area contributed by atoms with Crippen LogP contribution in [0.2, 0.25) is 0 Å². The van der Waals surface area contributed by atoms with Crippen molar-refractivity contribution in [3.05, 3.63) is 25.3 Å². The number of aliphatic hydroxyl groups is 1. The first kappa shape index (κ1) is 25.3. The zero-order chi connectivity index (χ0) is 20.4. The highest BCUT2D eigenvalue weighted by Crippen LogP contribution is 2.37. The fraction of sp³-hybridized carbons (Fsp3) is 0.750. The van der Waals surface area contributed by atoms with Crippen LogP contribution in [0.3, 0.4) is 0 Å². The lowest BCUT2D eigenvalue weighted by molar-refractivity contribution is -0.971. The van der Waals surface area contributed by atoms with Crippen LogP contribution in [0, 0.1) is 0 Å². The third-order valence-electron chi connectivity index (χ3n) is 5.07. The van der Waals surface area contributed by atoms with Crippen molar-refractivity contribution >= 4 is 18.4 Å². The fourth-order valence-corrected chi connectivity index (χ4v) is 4.64. The van der Waals surface area contributed by atoms with Crippen LogP contribution in [0.5, 0.6) is 0 Å². The Labute approximate surface area is 157 Å². The quantitative estimate of drug-likeness (QED) is 0.180. The van der Waals surface area contributed by atoms with Gasteiger partial charge in [-0.15, -0.1) is 4.52 Å². The lowest BCUT2D eigenvalue weighted by atomic mass is 9.81. The first-order chi connectivity index (χ1) is 12.0. The molecule has 0 spiro atoms. The van der Waals surface area contributed by atoms with E-state index in [2.05, 4.69) is 17.7 Å². The van der Waals surface area contributed by atoms with Crippen LogP contribution in [-0.4, -0.2) is 66.2 Å². The van der Waals surface area contributed by atoms with Gasteiger partial charge in [-0.2, -0.15) is 8.42 Å². The van der Waals surface area contributed by atoms with Gasteiger partial charge in [0.05, 0.1) is 25.4 Å². The number of quaternary nitrogens is 1. The zero-order valence-corrected chi connectivity index (χ0v) is 17.3.